The predicted octanol–water partition coefficient (Wildman–Crippen LogP) is 6.15. The number of nitrogens with zero attached hydrogens (tertiary/aromatic N) is 3. The van der Waals surface area contributed by atoms with E-state index in [1.165, 1.54) is 25.3 Å². The zero-order valence-electron chi connectivity index (χ0n) is 25.9. The van der Waals surface area contributed by atoms with Crippen LogP contribution >= 0.6 is 0 Å². The Labute approximate surface area is 262 Å². The highest BCUT2D eigenvalue weighted by atomic mass is 19.1. The van der Waals surface area contributed by atoms with Crippen LogP contribution in [0.3, 0.4) is 0 Å². The lowest BCUT2D eigenvalue weighted by Gasteiger charge is -2.22. The third-order valence-corrected chi connectivity index (χ3v) is 7.43. The number of likely N-dealkylation sites (N-methyl/N-ethyl adjacent to an activating group) is 1. The summed E-state index contributed by atoms with van der Waals surface area (Å²) in [6.45, 7) is 4.32. The molecule has 0 aliphatic heterocycles. The van der Waals surface area contributed by atoms with Crippen LogP contribution in [0.15, 0.2) is 85.1 Å². The highest BCUT2D eigenvalue weighted by Gasteiger charge is 2.31. The number of allylic oxidation sites excluding steroid dienone is 1. The summed E-state index contributed by atoms with van der Waals surface area (Å²) >= 11 is 0. The highest BCUT2D eigenvalue weighted by Crippen LogP contribution is 2.43. The number of esters is 1. The Morgan fingerprint density at radius 3 is 2.24 bits per heavy atom. The Bertz CT molecular complexity index is 1650. The van der Waals surface area contributed by atoms with Crippen LogP contribution in [0.4, 0.5) is 4.39 Å². The SMILES string of the molecule is COC(=O)C[C@H](O)CC(=O)/C=C/c1c(-c2ccc(F)cc2)c(-c2ccccc2)c(C(=O)N(C)CCc2ccccn2)n1C(C)C. The molecule has 0 radical (unpaired) electrons. The monoisotopic (exact) mass is 611 g/mol. The topological polar surface area (TPSA) is 102 Å². The molecule has 0 unspecified atom stereocenters. The van der Waals surface area contributed by atoms with Gasteiger partial charge in [0.2, 0.25) is 0 Å². The number of rotatable bonds is 13. The summed E-state index contributed by atoms with van der Waals surface area (Å²) in [5.74, 6) is -1.65. The molecule has 2 aromatic heterocycles. The maximum absolute atomic E-state index is 14.4. The number of aliphatic hydroxyl groups is 1. The quantitative estimate of drug-likeness (QED) is 0.144. The van der Waals surface area contributed by atoms with Gasteiger partial charge in [-0.15, -0.1) is 0 Å². The van der Waals surface area contributed by atoms with E-state index in [4.69, 9.17) is 0 Å². The van der Waals surface area contributed by atoms with Gasteiger partial charge in [0.05, 0.1) is 25.3 Å². The molecule has 1 amide bonds. The molecule has 1 atom stereocenters. The second-order valence-corrected chi connectivity index (χ2v) is 11.1. The van der Waals surface area contributed by atoms with E-state index < -0.39 is 23.7 Å². The molecule has 2 heterocycles. The first-order valence-corrected chi connectivity index (χ1v) is 14.8. The van der Waals surface area contributed by atoms with Crippen LogP contribution in [-0.4, -0.2) is 64.0 Å². The van der Waals surface area contributed by atoms with Gasteiger partial charge in [0.25, 0.3) is 5.91 Å². The number of hydrogen-bond donors (Lipinski definition) is 1. The average Bonchev–Trinajstić information content (AvgIpc) is 3.38. The highest BCUT2D eigenvalue weighted by molar-refractivity contribution is 6.07. The smallest absolute Gasteiger partial charge is 0.308 e. The molecule has 0 aliphatic rings. The molecule has 4 aromatic rings. The van der Waals surface area contributed by atoms with Gasteiger partial charge in [-0.3, -0.25) is 19.4 Å². The number of carbonyl (C=O) groups is 3. The van der Waals surface area contributed by atoms with Crippen molar-refractivity contribution in [3.63, 3.8) is 0 Å². The van der Waals surface area contributed by atoms with Crippen LogP contribution in [0.25, 0.3) is 28.3 Å². The molecule has 0 aliphatic carbocycles. The second kappa shape index (κ2) is 15.2. The standard InChI is InChI=1S/C36H38FN3O5/c1-24(2)40-31(18-17-29(41)22-30(42)23-32(43)45-4)33(26-13-15-27(37)16-14-26)34(25-10-6-5-7-11-25)35(40)36(44)39(3)21-19-28-12-8-9-20-38-28/h5-18,20,24,30,42H,19,21-23H2,1-4H3/b18-17+/t30-/m1/s1. The maximum Gasteiger partial charge on any atom is 0.308 e. The minimum atomic E-state index is -1.20. The summed E-state index contributed by atoms with van der Waals surface area (Å²) in [7, 11) is 2.96. The van der Waals surface area contributed by atoms with Crippen molar-refractivity contribution in [1.29, 1.82) is 0 Å². The summed E-state index contributed by atoms with van der Waals surface area (Å²) in [4.78, 5) is 45.0. The van der Waals surface area contributed by atoms with Crippen LogP contribution in [0, 0.1) is 5.82 Å². The number of methoxy groups -OCH3 is 1. The van der Waals surface area contributed by atoms with Crippen LogP contribution in [-0.2, 0) is 20.7 Å². The third-order valence-electron chi connectivity index (χ3n) is 7.43. The molecule has 2 aromatic carbocycles. The number of benzene rings is 2. The first-order valence-electron chi connectivity index (χ1n) is 14.8. The number of aliphatic hydroxyl groups excluding tert-OH is 1. The lowest BCUT2D eigenvalue weighted by molar-refractivity contribution is -0.143. The number of ketones is 1. The molecule has 8 nitrogen and oxygen atoms in total. The van der Waals surface area contributed by atoms with E-state index >= 15 is 0 Å². The van der Waals surface area contributed by atoms with E-state index in [0.29, 0.717) is 41.0 Å². The number of carbonyl (C=O) groups excluding carboxylic acids is 3. The van der Waals surface area contributed by atoms with Gasteiger partial charge in [-0.2, -0.15) is 0 Å². The second-order valence-electron chi connectivity index (χ2n) is 11.1. The molecule has 4 rings (SSSR count). The summed E-state index contributed by atoms with van der Waals surface area (Å²) < 4.78 is 20.6. The van der Waals surface area contributed by atoms with Gasteiger partial charge >= 0.3 is 5.97 Å². The van der Waals surface area contributed by atoms with Crippen molar-refractivity contribution in [2.75, 3.05) is 20.7 Å². The Kier molecular flexibility index (Phi) is 11.2. The maximum atomic E-state index is 14.4. The van der Waals surface area contributed by atoms with Gasteiger partial charge in [0.1, 0.15) is 11.5 Å². The fourth-order valence-corrected chi connectivity index (χ4v) is 5.24. The van der Waals surface area contributed by atoms with Gasteiger partial charge in [-0.1, -0.05) is 48.5 Å². The van der Waals surface area contributed by atoms with E-state index in [-0.39, 0.29) is 24.8 Å². The molecule has 0 spiro atoms. The van der Waals surface area contributed by atoms with Crippen molar-refractivity contribution < 1.29 is 28.6 Å². The molecule has 9 heteroatoms. The number of halogens is 1. The van der Waals surface area contributed by atoms with Crippen molar-refractivity contribution in [3.8, 4) is 22.3 Å². The zero-order valence-corrected chi connectivity index (χ0v) is 25.9. The Hall–Kier alpha value is -4.89. The molecular weight excluding hydrogens is 573 g/mol. The Morgan fingerprint density at radius 2 is 1.62 bits per heavy atom. The first kappa shape index (κ1) is 33.0. The van der Waals surface area contributed by atoms with Crippen molar-refractivity contribution in [1.82, 2.24) is 14.5 Å². The molecule has 0 bridgehead atoms. The number of aromatic nitrogens is 2. The van der Waals surface area contributed by atoms with Gasteiger partial charge < -0.3 is 19.3 Å². The van der Waals surface area contributed by atoms with Crippen molar-refractivity contribution >= 4 is 23.7 Å². The van der Waals surface area contributed by atoms with Gasteiger partial charge in [0, 0.05) is 55.5 Å². The number of ether oxygens (including phenoxy) is 1. The number of amides is 1. The van der Waals surface area contributed by atoms with E-state index in [9.17, 15) is 23.9 Å². The average molecular weight is 612 g/mol. The van der Waals surface area contributed by atoms with Gasteiger partial charge in [-0.25, -0.2) is 4.39 Å². The van der Waals surface area contributed by atoms with Crippen LogP contribution in [0.5, 0.6) is 0 Å². The minimum Gasteiger partial charge on any atom is -0.469 e. The zero-order chi connectivity index (χ0) is 32.5. The Morgan fingerprint density at radius 1 is 0.956 bits per heavy atom. The lowest BCUT2D eigenvalue weighted by Crippen LogP contribution is -2.31. The molecule has 0 saturated heterocycles. The molecule has 234 valence electrons. The van der Waals surface area contributed by atoms with Gasteiger partial charge in [0.15, 0.2) is 5.78 Å². The summed E-state index contributed by atoms with van der Waals surface area (Å²) in [5, 5.41) is 10.2. The van der Waals surface area contributed by atoms with Crippen LogP contribution in [0.2, 0.25) is 0 Å². The number of pyridine rings is 1. The molecular formula is C36H38FN3O5. The Balaban J connectivity index is 1.88. The fourth-order valence-electron chi connectivity index (χ4n) is 5.24. The fraction of sp³-hybridized carbons (Fsp3) is 0.278. The molecule has 0 fully saturated rings. The third kappa shape index (κ3) is 8.19. The first-order chi connectivity index (χ1) is 21.6. The lowest BCUT2D eigenvalue weighted by atomic mass is 9.94. The van der Waals surface area contributed by atoms with Crippen LogP contribution < -0.4 is 0 Å². The van der Waals surface area contributed by atoms with Crippen molar-refractivity contribution in [2.45, 2.75) is 45.3 Å². The predicted molar refractivity (Wildman–Crippen MR) is 172 cm³/mol. The van der Waals surface area contributed by atoms with Crippen molar-refractivity contribution in [3.05, 3.63) is 108 Å². The summed E-state index contributed by atoms with van der Waals surface area (Å²) in [6.07, 6.45) is 3.46. The van der Waals surface area contributed by atoms with E-state index in [0.717, 1.165) is 11.3 Å². The molecule has 0 saturated carbocycles. The minimum absolute atomic E-state index is 0.218. The molecule has 1 N–H and O–H groups in total. The largest absolute Gasteiger partial charge is 0.469 e. The van der Waals surface area contributed by atoms with Crippen molar-refractivity contribution in [2.24, 2.45) is 0 Å². The summed E-state index contributed by atoms with van der Waals surface area (Å²) in [6, 6.07) is 21.0. The van der Waals surface area contributed by atoms with Crippen LogP contribution in [0.1, 0.15) is 54.6 Å². The van der Waals surface area contributed by atoms with E-state index in [1.807, 2.05) is 66.9 Å². The molecule has 45 heavy (non-hydrogen) atoms. The van der Waals surface area contributed by atoms with E-state index in [2.05, 4.69) is 9.72 Å². The normalized spacial score (nSPS) is 12.0. The van der Waals surface area contributed by atoms with E-state index in [1.54, 1.807) is 36.4 Å². The number of hydrogen-bond acceptors (Lipinski definition) is 6. The van der Waals surface area contributed by atoms with Gasteiger partial charge in [-0.05, 0) is 61.4 Å². The summed E-state index contributed by atoms with van der Waals surface area (Å²) in [5.41, 5.74) is 4.64.